The third-order valence-corrected chi connectivity index (χ3v) is 5.52. The van der Waals surface area contributed by atoms with Crippen molar-refractivity contribution in [3.8, 4) is 0 Å². The number of hydrogen-bond acceptors (Lipinski definition) is 5. The molecule has 0 saturated carbocycles. The number of likely N-dealkylation sites (tertiary alicyclic amines) is 1. The van der Waals surface area contributed by atoms with E-state index in [2.05, 4.69) is 21.8 Å². The van der Waals surface area contributed by atoms with Crippen molar-refractivity contribution in [2.45, 2.75) is 43.5 Å². The van der Waals surface area contributed by atoms with Gasteiger partial charge in [0.15, 0.2) is 5.16 Å². The van der Waals surface area contributed by atoms with E-state index in [9.17, 15) is 4.79 Å². The van der Waals surface area contributed by atoms with Crippen molar-refractivity contribution in [3.63, 3.8) is 0 Å². The lowest BCUT2D eigenvalue weighted by Crippen LogP contribution is -2.31. The Hall–Kier alpha value is -0.460. The van der Waals surface area contributed by atoms with E-state index in [1.54, 1.807) is 17.8 Å². The highest BCUT2D eigenvalue weighted by Gasteiger charge is 2.10. The molecule has 2 heterocycles. The van der Waals surface area contributed by atoms with Crippen molar-refractivity contribution in [2.24, 2.45) is 0 Å². The van der Waals surface area contributed by atoms with Gasteiger partial charge in [0.2, 0.25) is 0 Å². The summed E-state index contributed by atoms with van der Waals surface area (Å²) in [7, 11) is 0. The molecule has 1 aromatic heterocycles. The second-order valence-corrected chi connectivity index (χ2v) is 7.53. The Balaban J connectivity index is 1.80. The van der Waals surface area contributed by atoms with Crippen LogP contribution < -0.4 is 5.56 Å². The van der Waals surface area contributed by atoms with Crippen molar-refractivity contribution in [3.05, 3.63) is 22.1 Å². The van der Waals surface area contributed by atoms with Gasteiger partial charge < -0.3 is 9.88 Å². The van der Waals surface area contributed by atoms with Gasteiger partial charge in [0.1, 0.15) is 0 Å². The largest absolute Gasteiger partial charge is 0.303 e. The van der Waals surface area contributed by atoms with E-state index in [0.717, 1.165) is 41.1 Å². The summed E-state index contributed by atoms with van der Waals surface area (Å²) < 4.78 is 0. The molecule has 1 aromatic rings. The maximum Gasteiger partial charge on any atom is 0.251 e. The minimum Gasteiger partial charge on any atom is -0.303 e. The fourth-order valence-electron chi connectivity index (χ4n) is 2.40. The number of thioether (sulfide) groups is 2. The van der Waals surface area contributed by atoms with Crippen LogP contribution in [0.3, 0.4) is 0 Å². The van der Waals surface area contributed by atoms with E-state index < -0.39 is 0 Å². The van der Waals surface area contributed by atoms with Gasteiger partial charge in [-0.25, -0.2) is 4.98 Å². The van der Waals surface area contributed by atoms with E-state index >= 15 is 0 Å². The number of rotatable bonds is 8. The molecule has 2 rings (SSSR count). The predicted molar refractivity (Wildman–Crippen MR) is 92.3 cm³/mol. The molecule has 0 aliphatic carbocycles. The molecule has 4 nitrogen and oxygen atoms in total. The monoisotopic (exact) mass is 327 g/mol. The Bertz CT molecular complexity index is 472. The highest BCUT2D eigenvalue weighted by molar-refractivity contribution is 7.99. The fourth-order valence-corrected chi connectivity index (χ4v) is 4.09. The quantitative estimate of drug-likeness (QED) is 0.452. The SMILES string of the molecule is CCCSCc1cc(=O)[nH]c(SCCN2CCCCC2)n1. The Labute approximate surface area is 135 Å². The molecule has 1 fully saturated rings. The Morgan fingerprint density at radius 1 is 1.29 bits per heavy atom. The first-order valence-electron chi connectivity index (χ1n) is 7.81. The van der Waals surface area contributed by atoms with Gasteiger partial charge in [-0.2, -0.15) is 11.8 Å². The second-order valence-electron chi connectivity index (χ2n) is 5.35. The van der Waals surface area contributed by atoms with Gasteiger partial charge in [-0.05, 0) is 38.1 Å². The number of aromatic amines is 1. The lowest BCUT2D eigenvalue weighted by atomic mass is 10.1. The Kier molecular flexibility index (Phi) is 7.68. The molecule has 0 bridgehead atoms. The van der Waals surface area contributed by atoms with Crippen LogP contribution in [0.5, 0.6) is 0 Å². The lowest BCUT2D eigenvalue weighted by molar-refractivity contribution is 0.242. The van der Waals surface area contributed by atoms with Gasteiger partial charge in [-0.1, -0.05) is 25.1 Å². The molecule has 0 radical (unpaired) electrons. The highest BCUT2D eigenvalue weighted by atomic mass is 32.2. The average molecular weight is 328 g/mol. The number of nitrogens with zero attached hydrogens (tertiary/aromatic N) is 2. The first-order valence-corrected chi connectivity index (χ1v) is 9.95. The van der Waals surface area contributed by atoms with Gasteiger partial charge >= 0.3 is 0 Å². The van der Waals surface area contributed by atoms with Crippen LogP contribution in [0.25, 0.3) is 0 Å². The van der Waals surface area contributed by atoms with E-state index in [-0.39, 0.29) is 5.56 Å². The molecule has 1 N–H and O–H groups in total. The minimum absolute atomic E-state index is 0.0300. The van der Waals surface area contributed by atoms with Crippen molar-refractivity contribution >= 4 is 23.5 Å². The van der Waals surface area contributed by atoms with E-state index in [1.165, 1.54) is 32.4 Å². The van der Waals surface area contributed by atoms with Gasteiger partial charge in [0.25, 0.3) is 5.56 Å². The first-order chi connectivity index (χ1) is 10.3. The zero-order chi connectivity index (χ0) is 14.9. The predicted octanol–water partition coefficient (Wildman–Crippen LogP) is 2.99. The summed E-state index contributed by atoms with van der Waals surface area (Å²) >= 11 is 3.50. The van der Waals surface area contributed by atoms with E-state index in [1.807, 2.05) is 11.8 Å². The molecule has 0 aromatic carbocycles. The van der Waals surface area contributed by atoms with Crippen LogP contribution in [-0.4, -0.2) is 46.0 Å². The third kappa shape index (κ3) is 6.45. The Morgan fingerprint density at radius 2 is 2.10 bits per heavy atom. The molecule has 1 saturated heterocycles. The minimum atomic E-state index is -0.0300. The van der Waals surface area contributed by atoms with Crippen LogP contribution in [0.1, 0.15) is 38.3 Å². The number of H-pyrrole nitrogens is 1. The molecular formula is C15H25N3OS2. The van der Waals surface area contributed by atoms with Crippen molar-refractivity contribution < 1.29 is 0 Å². The molecule has 1 aliphatic heterocycles. The maximum absolute atomic E-state index is 11.7. The summed E-state index contributed by atoms with van der Waals surface area (Å²) in [5.41, 5.74) is 0.871. The maximum atomic E-state index is 11.7. The van der Waals surface area contributed by atoms with Crippen LogP contribution in [0.2, 0.25) is 0 Å². The summed E-state index contributed by atoms with van der Waals surface area (Å²) in [4.78, 5) is 21.6. The molecular weight excluding hydrogens is 302 g/mol. The van der Waals surface area contributed by atoms with Crippen LogP contribution >= 0.6 is 23.5 Å². The summed E-state index contributed by atoms with van der Waals surface area (Å²) in [5, 5.41) is 0.770. The molecule has 118 valence electrons. The molecule has 6 heteroatoms. The highest BCUT2D eigenvalue weighted by Crippen LogP contribution is 2.16. The number of aromatic nitrogens is 2. The zero-order valence-electron chi connectivity index (χ0n) is 12.8. The standard InChI is InChI=1S/C15H25N3OS2/c1-2-9-20-12-13-11-14(19)17-15(16-13)21-10-8-18-6-4-3-5-7-18/h11H,2-10,12H2,1H3,(H,16,17,19). The molecule has 1 aliphatic rings. The van der Waals surface area contributed by atoms with Gasteiger partial charge in [-0.3, -0.25) is 4.79 Å². The molecule has 0 spiro atoms. The van der Waals surface area contributed by atoms with Crippen LogP contribution in [0.15, 0.2) is 16.0 Å². The average Bonchev–Trinajstić information content (AvgIpc) is 2.48. The first kappa shape index (κ1) is 16.9. The van der Waals surface area contributed by atoms with Gasteiger partial charge in [-0.15, -0.1) is 0 Å². The lowest BCUT2D eigenvalue weighted by Gasteiger charge is -2.25. The van der Waals surface area contributed by atoms with Crippen molar-refractivity contribution in [1.29, 1.82) is 0 Å². The molecule has 0 amide bonds. The van der Waals surface area contributed by atoms with E-state index in [0.29, 0.717) is 0 Å². The number of piperidine rings is 1. The number of hydrogen-bond donors (Lipinski definition) is 1. The Morgan fingerprint density at radius 3 is 2.86 bits per heavy atom. The molecule has 0 atom stereocenters. The summed E-state index contributed by atoms with van der Waals surface area (Å²) in [5.74, 6) is 2.94. The topological polar surface area (TPSA) is 49.0 Å². The third-order valence-electron chi connectivity index (χ3n) is 3.47. The van der Waals surface area contributed by atoms with Crippen molar-refractivity contribution in [2.75, 3.05) is 31.1 Å². The molecule has 0 unspecified atom stereocenters. The van der Waals surface area contributed by atoms with Gasteiger partial charge in [0, 0.05) is 24.1 Å². The zero-order valence-corrected chi connectivity index (χ0v) is 14.4. The van der Waals surface area contributed by atoms with Crippen LogP contribution in [0, 0.1) is 0 Å². The van der Waals surface area contributed by atoms with E-state index in [4.69, 9.17) is 0 Å². The summed E-state index contributed by atoms with van der Waals surface area (Å²) in [6.07, 6.45) is 5.18. The fraction of sp³-hybridized carbons (Fsp3) is 0.733. The summed E-state index contributed by atoms with van der Waals surface area (Å²) in [6.45, 7) is 5.69. The normalized spacial score (nSPS) is 16.2. The van der Waals surface area contributed by atoms with Crippen molar-refractivity contribution in [1.82, 2.24) is 14.9 Å². The molecule has 21 heavy (non-hydrogen) atoms. The summed E-state index contributed by atoms with van der Waals surface area (Å²) in [6, 6.07) is 1.62. The van der Waals surface area contributed by atoms with Crippen LogP contribution in [-0.2, 0) is 5.75 Å². The smallest absolute Gasteiger partial charge is 0.251 e. The van der Waals surface area contributed by atoms with Crippen LogP contribution in [0.4, 0.5) is 0 Å². The van der Waals surface area contributed by atoms with Gasteiger partial charge in [0.05, 0.1) is 5.69 Å². The second kappa shape index (κ2) is 9.54. The number of nitrogens with one attached hydrogen (secondary N) is 1.